The maximum atomic E-state index is 12.3. The first-order valence-corrected chi connectivity index (χ1v) is 9.84. The largest absolute Gasteiger partial charge is 0.497 e. The zero-order valence-corrected chi connectivity index (χ0v) is 17.6. The van der Waals surface area contributed by atoms with Gasteiger partial charge in [-0.25, -0.2) is 0 Å². The van der Waals surface area contributed by atoms with E-state index in [0.29, 0.717) is 30.9 Å². The SMILES string of the molecule is COc1cccc(CCNC(=O)CCN(C(C)=O)c2ccccc2OC(C)C)c1. The third kappa shape index (κ3) is 7.14. The summed E-state index contributed by atoms with van der Waals surface area (Å²) in [6, 6.07) is 15.2. The maximum Gasteiger partial charge on any atom is 0.223 e. The van der Waals surface area contributed by atoms with Crippen molar-refractivity contribution in [3.05, 3.63) is 54.1 Å². The zero-order chi connectivity index (χ0) is 21.2. The smallest absolute Gasteiger partial charge is 0.223 e. The van der Waals surface area contributed by atoms with Gasteiger partial charge in [-0.2, -0.15) is 0 Å². The lowest BCUT2D eigenvalue weighted by atomic mass is 10.1. The van der Waals surface area contributed by atoms with Crippen LogP contribution in [0.1, 0.15) is 32.8 Å². The highest BCUT2D eigenvalue weighted by Crippen LogP contribution is 2.29. The Morgan fingerprint density at radius 2 is 1.86 bits per heavy atom. The molecule has 0 unspecified atom stereocenters. The molecule has 0 radical (unpaired) electrons. The molecular weight excluding hydrogens is 368 g/mol. The van der Waals surface area contributed by atoms with E-state index in [4.69, 9.17) is 9.47 Å². The summed E-state index contributed by atoms with van der Waals surface area (Å²) < 4.78 is 11.0. The Morgan fingerprint density at radius 1 is 1.10 bits per heavy atom. The van der Waals surface area contributed by atoms with Crippen LogP contribution in [0.3, 0.4) is 0 Å². The van der Waals surface area contributed by atoms with E-state index >= 15 is 0 Å². The van der Waals surface area contributed by atoms with E-state index in [1.54, 1.807) is 12.0 Å². The third-order valence-electron chi connectivity index (χ3n) is 4.33. The van der Waals surface area contributed by atoms with Crippen molar-refractivity contribution >= 4 is 17.5 Å². The van der Waals surface area contributed by atoms with Gasteiger partial charge >= 0.3 is 0 Å². The molecule has 2 aromatic carbocycles. The number of carbonyl (C=O) groups excluding carboxylic acids is 2. The van der Waals surface area contributed by atoms with E-state index in [0.717, 1.165) is 11.3 Å². The predicted molar refractivity (Wildman–Crippen MR) is 115 cm³/mol. The van der Waals surface area contributed by atoms with Crippen LogP contribution >= 0.6 is 0 Å². The number of carbonyl (C=O) groups is 2. The Bertz CT molecular complexity index is 820. The molecule has 0 aliphatic rings. The summed E-state index contributed by atoms with van der Waals surface area (Å²) in [5.74, 6) is 1.21. The summed E-state index contributed by atoms with van der Waals surface area (Å²) in [7, 11) is 1.63. The Kier molecular flexibility index (Phi) is 8.52. The molecular formula is C23H30N2O4. The maximum absolute atomic E-state index is 12.3. The molecule has 0 saturated carbocycles. The molecule has 0 saturated heterocycles. The van der Waals surface area contributed by atoms with E-state index in [1.807, 2.05) is 62.4 Å². The molecule has 156 valence electrons. The van der Waals surface area contributed by atoms with E-state index in [2.05, 4.69) is 5.32 Å². The summed E-state index contributed by atoms with van der Waals surface area (Å²) in [6.45, 7) is 6.18. The van der Waals surface area contributed by atoms with E-state index in [1.165, 1.54) is 6.92 Å². The van der Waals surface area contributed by atoms with Crippen molar-refractivity contribution in [3.63, 3.8) is 0 Å². The molecule has 6 heteroatoms. The van der Waals surface area contributed by atoms with Gasteiger partial charge in [-0.15, -0.1) is 0 Å². The minimum atomic E-state index is -0.131. The monoisotopic (exact) mass is 398 g/mol. The number of nitrogens with zero attached hydrogens (tertiary/aromatic N) is 1. The number of amides is 2. The third-order valence-corrected chi connectivity index (χ3v) is 4.33. The van der Waals surface area contributed by atoms with Crippen molar-refractivity contribution in [1.29, 1.82) is 0 Å². The number of nitrogens with one attached hydrogen (secondary N) is 1. The van der Waals surface area contributed by atoms with Gasteiger partial charge < -0.3 is 19.7 Å². The number of hydrogen-bond acceptors (Lipinski definition) is 4. The van der Waals surface area contributed by atoms with Crippen LogP contribution in [0.25, 0.3) is 0 Å². The van der Waals surface area contributed by atoms with Gasteiger partial charge in [-0.3, -0.25) is 9.59 Å². The second-order valence-corrected chi connectivity index (χ2v) is 7.01. The summed E-state index contributed by atoms with van der Waals surface area (Å²) in [5.41, 5.74) is 1.77. The Labute approximate surface area is 172 Å². The number of benzene rings is 2. The van der Waals surface area contributed by atoms with Crippen LogP contribution in [0.15, 0.2) is 48.5 Å². The number of para-hydroxylation sites is 2. The van der Waals surface area contributed by atoms with Gasteiger partial charge in [0, 0.05) is 26.4 Å². The molecule has 29 heavy (non-hydrogen) atoms. The van der Waals surface area contributed by atoms with Crippen molar-refractivity contribution in [2.24, 2.45) is 0 Å². The lowest BCUT2D eigenvalue weighted by molar-refractivity contribution is -0.121. The van der Waals surface area contributed by atoms with Gasteiger partial charge in [-0.1, -0.05) is 24.3 Å². The lowest BCUT2D eigenvalue weighted by Gasteiger charge is -2.24. The standard InChI is InChI=1S/C23H30N2O4/c1-17(2)29-22-11-6-5-10-21(22)25(18(3)26)15-13-23(27)24-14-12-19-8-7-9-20(16-19)28-4/h5-11,16-17H,12-15H2,1-4H3,(H,24,27). The molecule has 2 rings (SSSR count). The van der Waals surface area contributed by atoms with E-state index in [9.17, 15) is 9.59 Å². The highest BCUT2D eigenvalue weighted by Gasteiger charge is 2.18. The molecule has 0 aromatic heterocycles. The first-order valence-electron chi connectivity index (χ1n) is 9.84. The molecule has 0 bridgehead atoms. The van der Waals surface area contributed by atoms with Gasteiger partial charge in [0.25, 0.3) is 0 Å². The Balaban J connectivity index is 1.90. The molecule has 6 nitrogen and oxygen atoms in total. The first kappa shape index (κ1) is 22.3. The number of ether oxygens (including phenoxy) is 2. The molecule has 0 aliphatic carbocycles. The fourth-order valence-electron chi connectivity index (χ4n) is 2.96. The van der Waals surface area contributed by atoms with Crippen LogP contribution in [0.5, 0.6) is 11.5 Å². The summed E-state index contributed by atoms with van der Waals surface area (Å²) in [5, 5.41) is 2.91. The summed E-state index contributed by atoms with van der Waals surface area (Å²) in [6.07, 6.45) is 0.919. The number of anilines is 1. The van der Waals surface area contributed by atoms with E-state index < -0.39 is 0 Å². The van der Waals surface area contributed by atoms with Gasteiger partial charge in [0.15, 0.2) is 0 Å². The molecule has 1 N–H and O–H groups in total. The molecule has 0 aliphatic heterocycles. The van der Waals surface area contributed by atoms with Crippen LogP contribution in [0, 0.1) is 0 Å². The van der Waals surface area contributed by atoms with Crippen molar-refractivity contribution in [1.82, 2.24) is 5.32 Å². The summed E-state index contributed by atoms with van der Waals surface area (Å²) >= 11 is 0. The van der Waals surface area contributed by atoms with Crippen molar-refractivity contribution in [2.75, 3.05) is 25.1 Å². The number of hydrogen-bond donors (Lipinski definition) is 1. The first-order chi connectivity index (χ1) is 13.9. The van der Waals surface area contributed by atoms with Crippen LogP contribution in [0.2, 0.25) is 0 Å². The topological polar surface area (TPSA) is 67.9 Å². The minimum Gasteiger partial charge on any atom is -0.497 e. The zero-order valence-electron chi connectivity index (χ0n) is 17.6. The molecule has 2 aromatic rings. The van der Waals surface area contributed by atoms with Crippen LogP contribution in [0.4, 0.5) is 5.69 Å². The molecule has 0 spiro atoms. The van der Waals surface area contributed by atoms with Gasteiger partial charge in [0.2, 0.25) is 11.8 Å². The normalized spacial score (nSPS) is 10.5. The highest BCUT2D eigenvalue weighted by molar-refractivity contribution is 5.93. The summed E-state index contributed by atoms with van der Waals surface area (Å²) in [4.78, 5) is 26.0. The quantitative estimate of drug-likeness (QED) is 0.664. The molecule has 2 amide bonds. The van der Waals surface area contributed by atoms with Crippen molar-refractivity contribution in [3.8, 4) is 11.5 Å². The van der Waals surface area contributed by atoms with Gasteiger partial charge in [-0.05, 0) is 50.1 Å². The lowest BCUT2D eigenvalue weighted by Crippen LogP contribution is -2.34. The molecule has 0 heterocycles. The van der Waals surface area contributed by atoms with Crippen LogP contribution in [-0.2, 0) is 16.0 Å². The number of rotatable bonds is 10. The number of methoxy groups -OCH3 is 1. The Morgan fingerprint density at radius 3 is 2.55 bits per heavy atom. The average molecular weight is 399 g/mol. The van der Waals surface area contributed by atoms with Crippen LogP contribution < -0.4 is 19.7 Å². The fourth-order valence-corrected chi connectivity index (χ4v) is 2.96. The predicted octanol–water partition coefficient (Wildman–Crippen LogP) is 3.58. The van der Waals surface area contributed by atoms with Crippen molar-refractivity contribution in [2.45, 2.75) is 39.7 Å². The second-order valence-electron chi connectivity index (χ2n) is 7.01. The molecule has 0 atom stereocenters. The average Bonchev–Trinajstić information content (AvgIpc) is 2.69. The molecule has 0 fully saturated rings. The van der Waals surface area contributed by atoms with E-state index in [-0.39, 0.29) is 24.3 Å². The van der Waals surface area contributed by atoms with Crippen LogP contribution in [-0.4, -0.2) is 38.1 Å². The second kappa shape index (κ2) is 11.1. The minimum absolute atomic E-state index is 0.00938. The fraction of sp³-hybridized carbons (Fsp3) is 0.391. The highest BCUT2D eigenvalue weighted by atomic mass is 16.5. The Hall–Kier alpha value is -3.02. The van der Waals surface area contributed by atoms with Crippen molar-refractivity contribution < 1.29 is 19.1 Å². The van der Waals surface area contributed by atoms with Gasteiger partial charge in [0.05, 0.1) is 18.9 Å². The van der Waals surface area contributed by atoms with Gasteiger partial charge in [0.1, 0.15) is 11.5 Å².